The van der Waals surface area contributed by atoms with E-state index in [1.165, 1.54) is 24.2 Å². The molecular weight excluding hydrogens is 506 g/mol. The number of carbonyl (C=O) groups is 3. The lowest BCUT2D eigenvalue weighted by atomic mass is 10.1. The fourth-order valence-corrected chi connectivity index (χ4v) is 6.07. The molecule has 2 fully saturated rings. The van der Waals surface area contributed by atoms with Crippen molar-refractivity contribution in [1.29, 1.82) is 0 Å². The van der Waals surface area contributed by atoms with E-state index in [4.69, 9.17) is 4.74 Å². The van der Waals surface area contributed by atoms with Gasteiger partial charge in [-0.05, 0) is 44.1 Å². The van der Waals surface area contributed by atoms with Gasteiger partial charge in [-0.1, -0.05) is 12.1 Å². The van der Waals surface area contributed by atoms with Gasteiger partial charge in [-0.3, -0.25) is 20.1 Å². The number of nitrogens with one attached hydrogen (secondary N) is 4. The zero-order valence-electron chi connectivity index (χ0n) is 20.8. The summed E-state index contributed by atoms with van der Waals surface area (Å²) in [7, 11) is 0. The van der Waals surface area contributed by atoms with Crippen molar-refractivity contribution in [3.05, 3.63) is 46.3 Å². The van der Waals surface area contributed by atoms with Crippen LogP contribution in [0.25, 0.3) is 21.8 Å². The van der Waals surface area contributed by atoms with Crippen molar-refractivity contribution in [3.8, 4) is 21.8 Å². The number of hydrogen-bond donors (Lipinski definition) is 4. The van der Waals surface area contributed by atoms with Crippen molar-refractivity contribution in [1.82, 2.24) is 30.8 Å². The number of fused-ring (bicyclic) bond motifs is 3. The zero-order chi connectivity index (χ0) is 26.1. The Morgan fingerprint density at radius 1 is 1.05 bits per heavy atom. The first kappa shape index (κ1) is 24.7. The van der Waals surface area contributed by atoms with E-state index in [9.17, 15) is 14.4 Å². The van der Waals surface area contributed by atoms with Crippen molar-refractivity contribution in [3.63, 3.8) is 0 Å². The van der Waals surface area contributed by atoms with E-state index in [1.807, 2.05) is 12.1 Å². The molecule has 38 heavy (non-hydrogen) atoms. The summed E-state index contributed by atoms with van der Waals surface area (Å²) >= 11 is 1.31. The van der Waals surface area contributed by atoms with Gasteiger partial charge in [0.25, 0.3) is 5.91 Å². The number of morpholine rings is 1. The molecule has 1 aliphatic carbocycles. The van der Waals surface area contributed by atoms with Gasteiger partial charge in [0.05, 0.1) is 45.5 Å². The van der Waals surface area contributed by atoms with Crippen LogP contribution < -0.4 is 16.1 Å². The molecule has 198 valence electrons. The fourth-order valence-electron chi connectivity index (χ4n) is 5.15. The Balaban J connectivity index is 1.16. The van der Waals surface area contributed by atoms with Gasteiger partial charge in [0.1, 0.15) is 5.69 Å². The van der Waals surface area contributed by atoms with Gasteiger partial charge in [0, 0.05) is 31.7 Å². The quantitative estimate of drug-likeness (QED) is 0.286. The molecule has 4 heterocycles. The van der Waals surface area contributed by atoms with Gasteiger partial charge in [0.15, 0.2) is 5.78 Å². The van der Waals surface area contributed by atoms with E-state index in [0.29, 0.717) is 71.5 Å². The third-order valence-electron chi connectivity index (χ3n) is 7.05. The van der Waals surface area contributed by atoms with Crippen LogP contribution in [0.1, 0.15) is 38.4 Å². The lowest BCUT2D eigenvalue weighted by Gasteiger charge is -2.27. The summed E-state index contributed by atoms with van der Waals surface area (Å²) in [5, 5.41) is 15.0. The second kappa shape index (κ2) is 10.7. The molecule has 3 aromatic rings. The Labute approximate surface area is 223 Å². The fraction of sp³-hybridized carbons (Fsp3) is 0.385. The van der Waals surface area contributed by atoms with Crippen molar-refractivity contribution >= 4 is 34.7 Å². The summed E-state index contributed by atoms with van der Waals surface area (Å²) in [6.45, 7) is 5.93. The number of aromatic nitrogens is 2. The Bertz CT molecular complexity index is 1370. The highest BCUT2D eigenvalue weighted by Crippen LogP contribution is 2.44. The number of hydrogen-bond acceptors (Lipinski definition) is 8. The molecular formula is C26H29N7O4S. The van der Waals surface area contributed by atoms with Crippen LogP contribution in [0.2, 0.25) is 0 Å². The molecule has 0 bridgehead atoms. The third-order valence-corrected chi connectivity index (χ3v) is 8.14. The van der Waals surface area contributed by atoms with Crippen LogP contribution in [-0.2, 0) is 4.74 Å². The second-order valence-corrected chi connectivity index (χ2v) is 10.6. The van der Waals surface area contributed by atoms with E-state index in [2.05, 4.69) is 31.2 Å². The number of H-pyrrole nitrogens is 1. The Morgan fingerprint density at radius 3 is 2.68 bits per heavy atom. The van der Waals surface area contributed by atoms with Crippen LogP contribution in [0.4, 0.5) is 10.5 Å². The van der Waals surface area contributed by atoms with Gasteiger partial charge >= 0.3 is 6.03 Å². The number of anilines is 1. The van der Waals surface area contributed by atoms with Crippen LogP contribution in [0.5, 0.6) is 0 Å². The summed E-state index contributed by atoms with van der Waals surface area (Å²) in [4.78, 5) is 42.6. The van der Waals surface area contributed by atoms with Gasteiger partial charge in [-0.2, -0.15) is 5.10 Å². The summed E-state index contributed by atoms with van der Waals surface area (Å²) in [5.41, 5.74) is 5.91. The molecule has 1 aromatic carbocycles. The second-order valence-electron chi connectivity index (χ2n) is 9.51. The highest BCUT2D eigenvalue weighted by molar-refractivity contribution is 7.17. The predicted octanol–water partition coefficient (Wildman–Crippen LogP) is 2.54. The smallest absolute Gasteiger partial charge is 0.333 e. The molecule has 0 atom stereocenters. The third kappa shape index (κ3) is 4.83. The van der Waals surface area contributed by atoms with Crippen LogP contribution in [-0.4, -0.2) is 90.3 Å². The molecule has 3 aliphatic rings. The molecule has 0 spiro atoms. The number of aromatic amines is 1. The number of hydrazine groups is 1. The molecule has 2 saturated heterocycles. The van der Waals surface area contributed by atoms with Gasteiger partial charge in [0.2, 0.25) is 0 Å². The van der Waals surface area contributed by atoms with Crippen LogP contribution in [0, 0.1) is 0 Å². The Morgan fingerprint density at radius 2 is 1.87 bits per heavy atom. The largest absolute Gasteiger partial charge is 0.379 e. The average molecular weight is 536 g/mol. The number of thiophene rings is 1. The SMILES string of the molecule is O=C(Nc1cccc2c1C(=O)c1c(-c3ccc(C(=O)NCCN4CCCC4)s3)n[nH]c1-2)NN1CCOCC1. The Hall–Kier alpha value is -3.58. The molecule has 2 aromatic heterocycles. The monoisotopic (exact) mass is 535 g/mol. The number of carbonyl (C=O) groups excluding carboxylic acids is 3. The highest BCUT2D eigenvalue weighted by atomic mass is 32.1. The normalized spacial score (nSPS) is 17.3. The maximum Gasteiger partial charge on any atom is 0.333 e. The Kier molecular flexibility index (Phi) is 6.94. The molecule has 4 N–H and O–H groups in total. The number of likely N-dealkylation sites (tertiary alicyclic amines) is 1. The number of ketones is 1. The minimum Gasteiger partial charge on any atom is -0.379 e. The molecule has 0 unspecified atom stereocenters. The zero-order valence-corrected chi connectivity index (χ0v) is 21.7. The molecule has 0 radical (unpaired) electrons. The van der Waals surface area contributed by atoms with Gasteiger partial charge in [-0.15, -0.1) is 11.3 Å². The van der Waals surface area contributed by atoms with Crippen LogP contribution >= 0.6 is 11.3 Å². The van der Waals surface area contributed by atoms with E-state index in [0.717, 1.165) is 24.5 Å². The van der Waals surface area contributed by atoms with E-state index in [-0.39, 0.29) is 11.7 Å². The standard InChI is InChI=1S/C26H29N7O4S/c34-24-20-16(4-3-5-17(20)28-26(36)31-33-12-14-37-15-13-33)22-21(24)23(30-29-22)18-6-7-19(38-18)25(35)27-8-11-32-9-1-2-10-32/h3-7H,1-2,8-15H2,(H,27,35)(H,29,30)(H2,28,31,36). The maximum absolute atomic E-state index is 13.6. The number of amides is 3. The summed E-state index contributed by atoms with van der Waals surface area (Å²) in [6.07, 6.45) is 2.44. The van der Waals surface area contributed by atoms with Crippen molar-refractivity contribution < 1.29 is 19.1 Å². The topological polar surface area (TPSA) is 132 Å². The number of benzene rings is 1. The molecule has 6 rings (SSSR count). The van der Waals surface area contributed by atoms with Crippen molar-refractivity contribution in [2.75, 3.05) is 57.8 Å². The molecule has 11 nitrogen and oxygen atoms in total. The minimum absolute atomic E-state index is 0.125. The highest BCUT2D eigenvalue weighted by Gasteiger charge is 2.35. The van der Waals surface area contributed by atoms with E-state index >= 15 is 0 Å². The van der Waals surface area contributed by atoms with E-state index in [1.54, 1.807) is 23.2 Å². The van der Waals surface area contributed by atoms with Gasteiger partial charge < -0.3 is 20.3 Å². The first-order chi connectivity index (χ1) is 18.6. The molecule has 3 amide bonds. The van der Waals surface area contributed by atoms with E-state index < -0.39 is 6.03 Å². The summed E-state index contributed by atoms with van der Waals surface area (Å²) in [6, 6.07) is 8.51. The first-order valence-corrected chi connectivity index (χ1v) is 13.7. The first-order valence-electron chi connectivity index (χ1n) is 12.9. The lowest BCUT2D eigenvalue weighted by Crippen LogP contribution is -2.49. The molecule has 0 saturated carbocycles. The average Bonchev–Trinajstić information content (AvgIpc) is 3.72. The van der Waals surface area contributed by atoms with Crippen molar-refractivity contribution in [2.45, 2.75) is 12.8 Å². The number of urea groups is 1. The molecule has 12 heteroatoms. The minimum atomic E-state index is -0.416. The number of ether oxygens (including phenoxy) is 1. The predicted molar refractivity (Wildman–Crippen MR) is 143 cm³/mol. The van der Waals surface area contributed by atoms with Crippen LogP contribution in [0.15, 0.2) is 30.3 Å². The van der Waals surface area contributed by atoms with Crippen LogP contribution in [0.3, 0.4) is 0 Å². The van der Waals surface area contributed by atoms with Crippen molar-refractivity contribution in [2.24, 2.45) is 0 Å². The maximum atomic E-state index is 13.6. The number of nitrogens with zero attached hydrogens (tertiary/aromatic N) is 3. The summed E-state index contributed by atoms with van der Waals surface area (Å²) in [5.74, 6) is -0.342. The van der Waals surface area contributed by atoms with Gasteiger partial charge in [-0.25, -0.2) is 9.80 Å². The lowest BCUT2D eigenvalue weighted by molar-refractivity contribution is 0.0207. The summed E-state index contributed by atoms with van der Waals surface area (Å²) < 4.78 is 5.31. The number of rotatable bonds is 7. The molecule has 2 aliphatic heterocycles.